The van der Waals surface area contributed by atoms with Crippen LogP contribution in [0.1, 0.15) is 56.1 Å². The van der Waals surface area contributed by atoms with Gasteiger partial charge in [0.15, 0.2) is 0 Å². The highest BCUT2D eigenvalue weighted by Gasteiger charge is 2.40. The maximum absolute atomic E-state index is 12.2. The standard InChI is InChI=1S/C19H27N5O4S/c1-19(26)9-3-4-14(19)16-13-5-6-15(25)21-17(13)23-18(22-16)20-12-7-10-24(11-8-12)29(2,27)28/h5-6,12,14,26H,3-4,7-11H2,1-2H3,(H2,20,21,22,23,25)/t14-,19-/m1/s1/i2D3,12D. The van der Waals surface area contributed by atoms with Gasteiger partial charge in [0.1, 0.15) is 5.65 Å². The van der Waals surface area contributed by atoms with E-state index in [2.05, 4.69) is 20.3 Å². The summed E-state index contributed by atoms with van der Waals surface area (Å²) in [5, 5.41) is 14.4. The van der Waals surface area contributed by atoms with Crippen molar-refractivity contribution in [3.63, 3.8) is 0 Å². The quantitative estimate of drug-likeness (QED) is 0.671. The number of nitrogens with zero attached hydrogens (tertiary/aromatic N) is 3. The fourth-order valence-electron chi connectivity index (χ4n) is 4.25. The van der Waals surface area contributed by atoms with Crippen LogP contribution in [0.5, 0.6) is 0 Å². The van der Waals surface area contributed by atoms with E-state index >= 15 is 0 Å². The molecule has 9 nitrogen and oxygen atoms in total. The lowest BCUT2D eigenvalue weighted by Crippen LogP contribution is -2.42. The number of aliphatic hydroxyl groups is 1. The molecule has 0 aromatic carbocycles. The lowest BCUT2D eigenvalue weighted by atomic mass is 9.88. The van der Waals surface area contributed by atoms with Gasteiger partial charge in [-0.15, -0.1) is 0 Å². The van der Waals surface area contributed by atoms with Crippen molar-refractivity contribution in [2.24, 2.45) is 0 Å². The predicted molar refractivity (Wildman–Crippen MR) is 110 cm³/mol. The SMILES string of the molecule is [2H]C1(Nc2nc([C@H]3CCC[C@@]3(C)O)c3ccc(=O)[nH]c3n2)CCN(S(=O)(=O)C([2H])([2H])[2H])CC1. The van der Waals surface area contributed by atoms with Crippen LogP contribution in [0, 0.1) is 0 Å². The molecule has 0 radical (unpaired) electrons. The van der Waals surface area contributed by atoms with Crippen molar-refractivity contribution < 1.29 is 19.0 Å². The number of nitrogens with one attached hydrogen (secondary N) is 2. The topological polar surface area (TPSA) is 128 Å². The maximum Gasteiger partial charge on any atom is 0.249 e. The lowest BCUT2D eigenvalue weighted by molar-refractivity contribution is 0.0489. The number of hydrogen-bond donors (Lipinski definition) is 3. The number of piperidine rings is 1. The van der Waals surface area contributed by atoms with Gasteiger partial charge >= 0.3 is 0 Å². The van der Waals surface area contributed by atoms with E-state index < -0.39 is 27.8 Å². The van der Waals surface area contributed by atoms with E-state index in [1.54, 1.807) is 13.0 Å². The van der Waals surface area contributed by atoms with Crippen LogP contribution in [0.25, 0.3) is 11.0 Å². The van der Waals surface area contributed by atoms with Crippen molar-refractivity contribution in [2.45, 2.75) is 56.6 Å². The molecule has 1 aliphatic heterocycles. The minimum absolute atomic E-state index is 0.0193. The third-order valence-corrected chi connectivity index (χ3v) is 6.87. The van der Waals surface area contributed by atoms with Gasteiger partial charge < -0.3 is 15.4 Å². The van der Waals surface area contributed by atoms with Crippen LogP contribution < -0.4 is 10.9 Å². The molecule has 2 aliphatic rings. The number of aromatic amines is 1. The molecule has 2 aromatic rings. The number of rotatable bonds is 4. The zero-order chi connectivity index (χ0) is 24.2. The predicted octanol–water partition coefficient (Wildman–Crippen LogP) is 1.17. The summed E-state index contributed by atoms with van der Waals surface area (Å²) in [5.74, 6) is -0.188. The first-order chi connectivity index (χ1) is 15.2. The van der Waals surface area contributed by atoms with Crippen LogP contribution in [0.15, 0.2) is 16.9 Å². The molecule has 1 aliphatic carbocycles. The Bertz CT molecular complexity index is 1220. The summed E-state index contributed by atoms with van der Waals surface area (Å²) in [6.07, 6.45) is -0.956. The van der Waals surface area contributed by atoms with Gasteiger partial charge in [0.2, 0.25) is 21.5 Å². The van der Waals surface area contributed by atoms with Crippen LogP contribution in [0.4, 0.5) is 5.95 Å². The molecule has 0 spiro atoms. The van der Waals surface area contributed by atoms with Gasteiger partial charge in [0, 0.05) is 40.6 Å². The summed E-state index contributed by atoms with van der Waals surface area (Å²) in [7, 11) is -4.46. The molecule has 0 amide bonds. The minimum atomic E-state index is -4.46. The molecule has 10 heteroatoms. The second kappa shape index (κ2) is 7.33. The van der Waals surface area contributed by atoms with E-state index in [1.165, 1.54) is 6.07 Å². The van der Waals surface area contributed by atoms with Crippen molar-refractivity contribution in [1.29, 1.82) is 0 Å². The first-order valence-electron chi connectivity index (χ1n) is 11.6. The van der Waals surface area contributed by atoms with Crippen LogP contribution in [-0.4, -0.2) is 63.7 Å². The molecule has 0 unspecified atom stereocenters. The Morgan fingerprint density at radius 1 is 1.34 bits per heavy atom. The van der Waals surface area contributed by atoms with Crippen LogP contribution in [-0.2, 0) is 10.0 Å². The lowest BCUT2D eigenvalue weighted by Gasteiger charge is -2.31. The Hall–Kier alpha value is -2.04. The molecular formula is C19H27N5O4S. The highest BCUT2D eigenvalue weighted by atomic mass is 32.2. The van der Waals surface area contributed by atoms with E-state index in [-0.39, 0.29) is 49.0 Å². The van der Waals surface area contributed by atoms with Gasteiger partial charge in [-0.05, 0) is 45.1 Å². The van der Waals surface area contributed by atoms with E-state index in [1.807, 2.05) is 0 Å². The smallest absolute Gasteiger partial charge is 0.249 e. The molecule has 3 heterocycles. The number of sulfonamides is 1. The molecule has 158 valence electrons. The Balaban J connectivity index is 1.64. The Morgan fingerprint density at radius 3 is 2.76 bits per heavy atom. The zero-order valence-corrected chi connectivity index (χ0v) is 16.9. The molecule has 2 aromatic heterocycles. The van der Waals surface area contributed by atoms with Crippen molar-refractivity contribution in [1.82, 2.24) is 19.3 Å². The molecule has 4 rings (SSSR count). The Labute approximate surface area is 175 Å². The fraction of sp³-hybridized carbons (Fsp3) is 0.632. The summed E-state index contributed by atoms with van der Waals surface area (Å²) in [6.45, 7) is 1.49. The summed E-state index contributed by atoms with van der Waals surface area (Å²) in [5.41, 5.74) is -0.460. The molecule has 0 bridgehead atoms. The second-order valence-electron chi connectivity index (χ2n) is 7.95. The fourth-order valence-corrected chi connectivity index (χ4v) is 4.91. The van der Waals surface area contributed by atoms with Crippen molar-refractivity contribution in [2.75, 3.05) is 24.6 Å². The average Bonchev–Trinajstić information content (AvgIpc) is 3.05. The van der Waals surface area contributed by atoms with Crippen molar-refractivity contribution >= 4 is 27.0 Å². The molecule has 29 heavy (non-hydrogen) atoms. The molecule has 2 atom stereocenters. The zero-order valence-electron chi connectivity index (χ0n) is 20.1. The first kappa shape index (κ1) is 15.8. The van der Waals surface area contributed by atoms with Gasteiger partial charge in [0.25, 0.3) is 0 Å². The number of anilines is 1. The highest BCUT2D eigenvalue weighted by molar-refractivity contribution is 7.88. The average molecular weight is 426 g/mol. The number of hydrogen-bond acceptors (Lipinski definition) is 7. The van der Waals surface area contributed by atoms with Crippen LogP contribution in [0.2, 0.25) is 0 Å². The summed E-state index contributed by atoms with van der Waals surface area (Å²) in [6, 6.07) is 1.66. The minimum Gasteiger partial charge on any atom is -0.389 e. The van der Waals surface area contributed by atoms with Crippen molar-refractivity contribution in [3.05, 3.63) is 28.2 Å². The number of fused-ring (bicyclic) bond motifs is 1. The maximum atomic E-state index is 12.2. The highest BCUT2D eigenvalue weighted by Crippen LogP contribution is 2.43. The van der Waals surface area contributed by atoms with Crippen molar-refractivity contribution in [3.8, 4) is 0 Å². The monoisotopic (exact) mass is 425 g/mol. The molecular weight excluding hydrogens is 394 g/mol. The molecule has 2 fully saturated rings. The molecule has 1 saturated heterocycles. The second-order valence-corrected chi connectivity index (χ2v) is 9.42. The van der Waals surface area contributed by atoms with E-state index in [9.17, 15) is 18.3 Å². The first-order valence-corrected chi connectivity index (χ1v) is 11.1. The molecule has 1 saturated carbocycles. The summed E-state index contributed by atoms with van der Waals surface area (Å²) in [4.78, 5) is 23.5. The molecule has 3 N–H and O–H groups in total. The summed E-state index contributed by atoms with van der Waals surface area (Å²) >= 11 is 0. The number of H-pyrrole nitrogens is 1. The largest absolute Gasteiger partial charge is 0.389 e. The van der Waals surface area contributed by atoms with Crippen LogP contribution >= 0.6 is 0 Å². The van der Waals surface area contributed by atoms with Gasteiger partial charge in [-0.1, -0.05) is 0 Å². The van der Waals surface area contributed by atoms with E-state index in [0.29, 0.717) is 23.9 Å². The van der Waals surface area contributed by atoms with E-state index in [4.69, 9.17) is 5.48 Å². The van der Waals surface area contributed by atoms with Gasteiger partial charge in [0.05, 0.1) is 18.8 Å². The number of aromatic nitrogens is 3. The Morgan fingerprint density at radius 2 is 2.10 bits per heavy atom. The summed E-state index contributed by atoms with van der Waals surface area (Å²) < 4.78 is 55.8. The van der Waals surface area contributed by atoms with Gasteiger partial charge in [-0.2, -0.15) is 4.98 Å². The van der Waals surface area contributed by atoms with Gasteiger partial charge in [-0.25, -0.2) is 17.7 Å². The van der Waals surface area contributed by atoms with Gasteiger partial charge in [-0.3, -0.25) is 4.79 Å². The normalized spacial score (nSPS) is 30.3. The van der Waals surface area contributed by atoms with Crippen LogP contribution in [0.3, 0.4) is 0 Å². The third-order valence-electron chi connectivity index (χ3n) is 5.83. The van der Waals surface area contributed by atoms with E-state index in [0.717, 1.165) is 10.7 Å². The number of pyridine rings is 1. The Kier molecular flexibility index (Phi) is 3.98. The third kappa shape index (κ3) is 4.15.